The Morgan fingerprint density at radius 2 is 2.25 bits per heavy atom. The van der Waals surface area contributed by atoms with E-state index in [9.17, 15) is 15.0 Å². The van der Waals surface area contributed by atoms with Gasteiger partial charge in [-0.3, -0.25) is 4.79 Å². The number of carbonyl (C=O) groups is 1. The van der Waals surface area contributed by atoms with Gasteiger partial charge in [0, 0.05) is 11.5 Å². The Bertz CT molecular complexity index is 444. The summed E-state index contributed by atoms with van der Waals surface area (Å²) in [4.78, 5) is 11.2. The van der Waals surface area contributed by atoms with E-state index >= 15 is 0 Å². The maximum Gasteiger partial charge on any atom is 0.324 e. The SMILES string of the molecule is C[C@@H]1c2c(O)cccc2CCC1(N)C(=O)O. The average Bonchev–Trinajstić information content (AvgIpc) is 2.23. The van der Waals surface area contributed by atoms with Crippen molar-refractivity contribution in [3.8, 4) is 5.75 Å². The molecule has 0 saturated heterocycles. The summed E-state index contributed by atoms with van der Waals surface area (Å²) >= 11 is 0. The molecule has 0 saturated carbocycles. The van der Waals surface area contributed by atoms with Gasteiger partial charge < -0.3 is 15.9 Å². The fraction of sp³-hybridized carbons (Fsp3) is 0.417. The molecule has 1 aromatic carbocycles. The molecule has 4 N–H and O–H groups in total. The zero-order valence-corrected chi connectivity index (χ0v) is 9.10. The van der Waals surface area contributed by atoms with Gasteiger partial charge in [0.05, 0.1) is 0 Å². The molecule has 16 heavy (non-hydrogen) atoms. The van der Waals surface area contributed by atoms with Crippen LogP contribution in [0, 0.1) is 0 Å². The van der Waals surface area contributed by atoms with Crippen LogP contribution in [0.1, 0.15) is 30.4 Å². The van der Waals surface area contributed by atoms with Gasteiger partial charge in [0.15, 0.2) is 0 Å². The topological polar surface area (TPSA) is 83.5 Å². The minimum Gasteiger partial charge on any atom is -0.508 e. The molecule has 2 atom stereocenters. The first-order valence-corrected chi connectivity index (χ1v) is 5.30. The third-order valence-corrected chi connectivity index (χ3v) is 3.59. The number of nitrogens with two attached hydrogens (primary N) is 1. The summed E-state index contributed by atoms with van der Waals surface area (Å²) in [5, 5.41) is 19.0. The summed E-state index contributed by atoms with van der Waals surface area (Å²) in [5.41, 5.74) is 6.32. The van der Waals surface area contributed by atoms with E-state index < -0.39 is 11.5 Å². The first-order chi connectivity index (χ1) is 7.47. The van der Waals surface area contributed by atoms with Gasteiger partial charge >= 0.3 is 5.97 Å². The van der Waals surface area contributed by atoms with Crippen LogP contribution in [0.15, 0.2) is 18.2 Å². The minimum atomic E-state index is -1.27. The monoisotopic (exact) mass is 221 g/mol. The number of aliphatic carboxylic acids is 1. The highest BCUT2D eigenvalue weighted by Gasteiger charge is 2.44. The maximum atomic E-state index is 11.2. The van der Waals surface area contributed by atoms with E-state index in [1.165, 1.54) is 0 Å². The maximum absolute atomic E-state index is 11.2. The highest BCUT2D eigenvalue weighted by molar-refractivity contribution is 5.81. The van der Waals surface area contributed by atoms with Crippen LogP contribution in [0.25, 0.3) is 0 Å². The number of carboxylic acids is 1. The zero-order valence-electron chi connectivity index (χ0n) is 9.10. The summed E-state index contributed by atoms with van der Waals surface area (Å²) in [6.07, 6.45) is 0.997. The summed E-state index contributed by atoms with van der Waals surface area (Å²) in [6.45, 7) is 1.76. The van der Waals surface area contributed by atoms with Gasteiger partial charge in [-0.15, -0.1) is 0 Å². The summed E-state index contributed by atoms with van der Waals surface area (Å²) in [7, 11) is 0. The molecule has 2 rings (SSSR count). The Kier molecular flexibility index (Phi) is 2.39. The minimum absolute atomic E-state index is 0.140. The summed E-state index contributed by atoms with van der Waals surface area (Å²) in [5.74, 6) is -1.25. The number of aromatic hydroxyl groups is 1. The van der Waals surface area contributed by atoms with Crippen molar-refractivity contribution >= 4 is 5.97 Å². The van der Waals surface area contributed by atoms with Crippen LogP contribution >= 0.6 is 0 Å². The van der Waals surface area contributed by atoms with Crippen LogP contribution in [-0.4, -0.2) is 21.7 Å². The lowest BCUT2D eigenvalue weighted by molar-refractivity contribution is -0.144. The average molecular weight is 221 g/mol. The normalized spacial score (nSPS) is 28.5. The molecule has 0 fully saturated rings. The molecule has 0 spiro atoms. The number of fused-ring (bicyclic) bond motifs is 1. The molecule has 0 aromatic heterocycles. The van der Waals surface area contributed by atoms with Gasteiger partial charge in [-0.2, -0.15) is 0 Å². The fourth-order valence-electron chi connectivity index (χ4n) is 2.43. The third-order valence-electron chi connectivity index (χ3n) is 3.59. The van der Waals surface area contributed by atoms with E-state index in [1.807, 2.05) is 6.07 Å². The lowest BCUT2D eigenvalue weighted by Gasteiger charge is -2.37. The lowest BCUT2D eigenvalue weighted by Crippen LogP contribution is -2.54. The molecule has 4 heteroatoms. The number of benzene rings is 1. The summed E-state index contributed by atoms with van der Waals surface area (Å²) in [6, 6.07) is 5.25. The molecule has 0 aliphatic heterocycles. The van der Waals surface area contributed by atoms with Gasteiger partial charge in [0.25, 0.3) is 0 Å². The van der Waals surface area contributed by atoms with E-state index in [0.717, 1.165) is 5.56 Å². The van der Waals surface area contributed by atoms with Gasteiger partial charge in [0.2, 0.25) is 0 Å². The number of hydrogen-bond acceptors (Lipinski definition) is 3. The molecule has 0 radical (unpaired) electrons. The van der Waals surface area contributed by atoms with Gasteiger partial charge in [-0.05, 0) is 24.5 Å². The zero-order chi connectivity index (χ0) is 11.9. The van der Waals surface area contributed by atoms with E-state index in [1.54, 1.807) is 19.1 Å². The van der Waals surface area contributed by atoms with E-state index in [2.05, 4.69) is 0 Å². The molecular formula is C12H15NO3. The van der Waals surface area contributed by atoms with Gasteiger partial charge in [-0.1, -0.05) is 19.1 Å². The van der Waals surface area contributed by atoms with Crippen molar-refractivity contribution in [1.29, 1.82) is 0 Å². The molecule has 1 aromatic rings. The second-order valence-corrected chi connectivity index (χ2v) is 4.42. The largest absolute Gasteiger partial charge is 0.508 e. The van der Waals surface area contributed by atoms with Crippen LogP contribution in [0.4, 0.5) is 0 Å². The Morgan fingerprint density at radius 1 is 1.56 bits per heavy atom. The number of carboxylic acid groups (broad SMARTS) is 1. The summed E-state index contributed by atoms with van der Waals surface area (Å²) < 4.78 is 0. The van der Waals surface area contributed by atoms with Crippen molar-refractivity contribution in [3.05, 3.63) is 29.3 Å². The van der Waals surface area contributed by atoms with Crippen LogP contribution in [0.3, 0.4) is 0 Å². The predicted molar refractivity (Wildman–Crippen MR) is 59.4 cm³/mol. The van der Waals surface area contributed by atoms with Crippen LogP contribution in [-0.2, 0) is 11.2 Å². The Morgan fingerprint density at radius 3 is 2.88 bits per heavy atom. The molecule has 86 valence electrons. The molecular weight excluding hydrogens is 206 g/mol. The first-order valence-electron chi connectivity index (χ1n) is 5.30. The second-order valence-electron chi connectivity index (χ2n) is 4.42. The van der Waals surface area contributed by atoms with E-state index in [-0.39, 0.29) is 11.7 Å². The molecule has 4 nitrogen and oxygen atoms in total. The van der Waals surface area contributed by atoms with Crippen molar-refractivity contribution in [1.82, 2.24) is 0 Å². The molecule has 1 unspecified atom stereocenters. The number of hydrogen-bond donors (Lipinski definition) is 3. The van der Waals surface area contributed by atoms with Crippen molar-refractivity contribution in [3.63, 3.8) is 0 Å². The van der Waals surface area contributed by atoms with Crippen molar-refractivity contribution < 1.29 is 15.0 Å². The Labute approximate surface area is 93.7 Å². The van der Waals surface area contributed by atoms with E-state index in [4.69, 9.17) is 5.73 Å². The molecule has 0 bridgehead atoms. The van der Waals surface area contributed by atoms with Gasteiger partial charge in [-0.25, -0.2) is 0 Å². The van der Waals surface area contributed by atoms with Gasteiger partial charge in [0.1, 0.15) is 11.3 Å². The second kappa shape index (κ2) is 3.49. The van der Waals surface area contributed by atoms with Crippen LogP contribution in [0.2, 0.25) is 0 Å². The van der Waals surface area contributed by atoms with E-state index in [0.29, 0.717) is 18.4 Å². The number of phenolic OH excluding ortho intramolecular Hbond substituents is 1. The molecule has 0 heterocycles. The predicted octanol–water partition coefficient (Wildman–Crippen LogP) is 1.22. The smallest absolute Gasteiger partial charge is 0.324 e. The lowest BCUT2D eigenvalue weighted by atomic mass is 9.70. The van der Waals surface area contributed by atoms with Crippen molar-refractivity contribution in [2.45, 2.75) is 31.2 Å². The molecule has 1 aliphatic carbocycles. The van der Waals surface area contributed by atoms with Crippen molar-refractivity contribution in [2.24, 2.45) is 5.73 Å². The standard InChI is InChI=1S/C12H15NO3/c1-7-10-8(3-2-4-9(10)14)5-6-12(7,13)11(15)16/h2-4,7,14H,5-6,13H2,1H3,(H,15,16)/t7-,12?/m1/s1. The number of phenols is 1. The highest BCUT2D eigenvalue weighted by Crippen LogP contribution is 2.41. The first kappa shape index (κ1) is 11.0. The Hall–Kier alpha value is -1.55. The molecule has 0 amide bonds. The third kappa shape index (κ3) is 1.38. The van der Waals surface area contributed by atoms with Crippen LogP contribution in [0.5, 0.6) is 5.75 Å². The number of rotatable bonds is 1. The van der Waals surface area contributed by atoms with Crippen molar-refractivity contribution in [2.75, 3.05) is 0 Å². The fourth-order valence-corrected chi connectivity index (χ4v) is 2.43. The van der Waals surface area contributed by atoms with Crippen LogP contribution < -0.4 is 5.73 Å². The Balaban J connectivity index is 2.54. The number of aryl methyl sites for hydroxylation is 1. The highest BCUT2D eigenvalue weighted by atomic mass is 16.4. The quantitative estimate of drug-likeness (QED) is 0.665. The molecule has 1 aliphatic rings.